The molecule has 0 atom stereocenters. The molecule has 0 N–H and O–H groups in total. The fourth-order valence-corrected chi connectivity index (χ4v) is 5.33. The Balaban J connectivity index is 1.35. The minimum atomic E-state index is -4.48. The summed E-state index contributed by atoms with van der Waals surface area (Å²) in [5.74, 6) is 1.31. The van der Waals surface area contributed by atoms with Crippen LogP contribution in [0.25, 0.3) is 10.9 Å². The molecule has 0 bridgehead atoms. The number of nitrogens with zero attached hydrogens (tertiary/aromatic N) is 5. The Kier molecular flexibility index (Phi) is 10.2. The van der Waals surface area contributed by atoms with Crippen LogP contribution in [0.1, 0.15) is 18.4 Å². The molecule has 2 aliphatic heterocycles. The van der Waals surface area contributed by atoms with Crippen LogP contribution in [0, 0.1) is 0 Å². The molecule has 222 valence electrons. The minimum Gasteiger partial charge on any atom is -0.492 e. The molecular formula is C29H35ClF3N5O3. The third-order valence-corrected chi connectivity index (χ3v) is 7.57. The minimum absolute atomic E-state index is 0.185. The number of anilines is 2. The maximum atomic E-state index is 13.5. The van der Waals surface area contributed by atoms with E-state index < -0.39 is 11.7 Å². The van der Waals surface area contributed by atoms with Crippen LogP contribution in [0.5, 0.6) is 5.75 Å². The first-order valence-electron chi connectivity index (χ1n) is 14.0. The van der Waals surface area contributed by atoms with Crippen molar-refractivity contribution in [2.24, 2.45) is 0 Å². The van der Waals surface area contributed by atoms with Crippen molar-refractivity contribution in [2.45, 2.75) is 19.0 Å². The molecule has 2 aromatic heterocycles. The Hall–Kier alpha value is -2.70. The molecule has 3 aromatic rings. The molecule has 8 nitrogen and oxygen atoms in total. The SMILES string of the molecule is FC(F)(F)c1ccnc(N(CCCN2CCCOCC2)c2ccc3cc(OCCN4CCOCC4)cc(Cl)c3n2)c1. The topological polar surface area (TPSA) is 63.2 Å². The fraction of sp³-hybridized carbons (Fsp3) is 0.517. The van der Waals surface area contributed by atoms with Crippen LogP contribution in [0.3, 0.4) is 0 Å². The highest BCUT2D eigenvalue weighted by molar-refractivity contribution is 6.35. The van der Waals surface area contributed by atoms with Gasteiger partial charge in [0.25, 0.3) is 0 Å². The molecule has 1 aromatic carbocycles. The molecular weight excluding hydrogens is 559 g/mol. The quantitative estimate of drug-likeness (QED) is 0.315. The molecule has 2 aliphatic rings. The Labute approximate surface area is 242 Å². The van der Waals surface area contributed by atoms with Crippen molar-refractivity contribution in [3.8, 4) is 5.75 Å². The summed E-state index contributed by atoms with van der Waals surface area (Å²) in [5.41, 5.74) is -0.207. The second kappa shape index (κ2) is 14.0. The summed E-state index contributed by atoms with van der Waals surface area (Å²) < 4.78 is 57.5. The molecule has 2 fully saturated rings. The predicted molar refractivity (Wildman–Crippen MR) is 152 cm³/mol. The van der Waals surface area contributed by atoms with E-state index in [2.05, 4.69) is 14.8 Å². The number of ether oxygens (including phenoxy) is 3. The van der Waals surface area contributed by atoms with E-state index in [0.29, 0.717) is 48.3 Å². The number of rotatable bonds is 10. The highest BCUT2D eigenvalue weighted by Gasteiger charge is 2.31. The average Bonchev–Trinajstić information content (AvgIpc) is 3.25. The standard InChI is InChI=1S/C29H35ClF3N5O3/c30-25-21-24(41-18-13-37-11-16-40-17-12-37)19-22-3-4-26(35-28(22)25)38(9-1-7-36-8-2-14-39-15-10-36)27-20-23(5-6-34-27)29(31,32)33/h3-6,19-21H,1-2,7-18H2. The van der Waals surface area contributed by atoms with Crippen LogP contribution < -0.4 is 9.64 Å². The third kappa shape index (κ3) is 8.20. The van der Waals surface area contributed by atoms with Gasteiger partial charge in [-0.25, -0.2) is 9.97 Å². The van der Waals surface area contributed by atoms with Crippen molar-refractivity contribution in [1.82, 2.24) is 19.8 Å². The Morgan fingerprint density at radius 1 is 0.902 bits per heavy atom. The van der Waals surface area contributed by atoms with Crippen molar-refractivity contribution >= 4 is 34.1 Å². The molecule has 12 heteroatoms. The number of hydrogen-bond donors (Lipinski definition) is 0. The zero-order chi connectivity index (χ0) is 28.7. The number of fused-ring (bicyclic) bond motifs is 1. The lowest BCUT2D eigenvalue weighted by atomic mass is 10.2. The van der Waals surface area contributed by atoms with Gasteiger partial charge in [-0.1, -0.05) is 11.6 Å². The summed E-state index contributed by atoms with van der Waals surface area (Å²) in [7, 11) is 0. The summed E-state index contributed by atoms with van der Waals surface area (Å²) in [6.45, 7) is 8.98. The van der Waals surface area contributed by atoms with Crippen LogP contribution in [0.4, 0.5) is 24.8 Å². The van der Waals surface area contributed by atoms with Gasteiger partial charge >= 0.3 is 6.18 Å². The lowest BCUT2D eigenvalue weighted by molar-refractivity contribution is -0.137. The lowest BCUT2D eigenvalue weighted by Crippen LogP contribution is -2.38. The molecule has 0 spiro atoms. The third-order valence-electron chi connectivity index (χ3n) is 7.28. The van der Waals surface area contributed by atoms with Gasteiger partial charge in [-0.3, -0.25) is 4.90 Å². The van der Waals surface area contributed by atoms with Crippen molar-refractivity contribution in [1.29, 1.82) is 0 Å². The summed E-state index contributed by atoms with van der Waals surface area (Å²) in [5, 5.41) is 1.19. The van der Waals surface area contributed by atoms with E-state index in [0.717, 1.165) is 83.0 Å². The van der Waals surface area contributed by atoms with E-state index in [1.54, 1.807) is 17.0 Å². The number of alkyl halides is 3. The molecule has 0 saturated carbocycles. The first-order chi connectivity index (χ1) is 19.9. The molecule has 0 radical (unpaired) electrons. The zero-order valence-corrected chi connectivity index (χ0v) is 23.7. The predicted octanol–water partition coefficient (Wildman–Crippen LogP) is 5.26. The number of morpholine rings is 1. The molecule has 0 amide bonds. The highest BCUT2D eigenvalue weighted by Crippen LogP contribution is 2.34. The van der Waals surface area contributed by atoms with Gasteiger partial charge in [0.1, 0.15) is 24.0 Å². The van der Waals surface area contributed by atoms with Crippen LogP contribution in [-0.2, 0) is 15.7 Å². The number of aromatic nitrogens is 2. The summed E-state index contributed by atoms with van der Waals surface area (Å²) in [4.78, 5) is 15.4. The monoisotopic (exact) mass is 593 g/mol. The maximum absolute atomic E-state index is 13.5. The Morgan fingerprint density at radius 2 is 1.66 bits per heavy atom. The van der Waals surface area contributed by atoms with Crippen molar-refractivity contribution in [2.75, 3.05) is 83.7 Å². The van der Waals surface area contributed by atoms with E-state index in [1.807, 2.05) is 12.1 Å². The molecule has 0 unspecified atom stereocenters. The first-order valence-corrected chi connectivity index (χ1v) is 14.4. The van der Waals surface area contributed by atoms with E-state index >= 15 is 0 Å². The Morgan fingerprint density at radius 3 is 2.44 bits per heavy atom. The van der Waals surface area contributed by atoms with Crippen molar-refractivity contribution in [3.63, 3.8) is 0 Å². The molecule has 5 rings (SSSR count). The summed E-state index contributed by atoms with van der Waals surface area (Å²) >= 11 is 6.65. The van der Waals surface area contributed by atoms with Crippen molar-refractivity contribution in [3.05, 3.63) is 53.2 Å². The van der Waals surface area contributed by atoms with Gasteiger partial charge in [-0.05, 0) is 49.7 Å². The van der Waals surface area contributed by atoms with Gasteiger partial charge in [0, 0.05) is 63.5 Å². The second-order valence-corrected chi connectivity index (χ2v) is 10.6. The molecule has 2 saturated heterocycles. The molecule has 41 heavy (non-hydrogen) atoms. The number of halogens is 4. The van der Waals surface area contributed by atoms with Crippen LogP contribution in [-0.4, -0.2) is 98.6 Å². The van der Waals surface area contributed by atoms with Gasteiger partial charge in [0.2, 0.25) is 0 Å². The first kappa shape index (κ1) is 29.8. The highest BCUT2D eigenvalue weighted by atomic mass is 35.5. The Bertz CT molecular complexity index is 1280. The smallest absolute Gasteiger partial charge is 0.416 e. The van der Waals surface area contributed by atoms with Gasteiger partial charge < -0.3 is 24.0 Å². The van der Waals surface area contributed by atoms with Gasteiger partial charge in [0.05, 0.1) is 35.9 Å². The van der Waals surface area contributed by atoms with E-state index in [9.17, 15) is 13.2 Å². The van der Waals surface area contributed by atoms with E-state index in [1.165, 1.54) is 6.20 Å². The van der Waals surface area contributed by atoms with Crippen LogP contribution in [0.15, 0.2) is 42.6 Å². The van der Waals surface area contributed by atoms with Crippen LogP contribution in [0.2, 0.25) is 5.02 Å². The van der Waals surface area contributed by atoms with Gasteiger partial charge in [0.15, 0.2) is 0 Å². The second-order valence-electron chi connectivity index (χ2n) is 10.2. The average molecular weight is 594 g/mol. The number of benzene rings is 1. The maximum Gasteiger partial charge on any atom is 0.416 e. The molecule has 0 aliphatic carbocycles. The zero-order valence-electron chi connectivity index (χ0n) is 22.9. The normalized spacial score (nSPS) is 17.5. The van der Waals surface area contributed by atoms with Crippen molar-refractivity contribution < 1.29 is 27.4 Å². The summed E-state index contributed by atoms with van der Waals surface area (Å²) in [6, 6.07) is 9.31. The summed E-state index contributed by atoms with van der Waals surface area (Å²) in [6.07, 6.45) is -1.62. The number of pyridine rings is 2. The molecule has 4 heterocycles. The lowest BCUT2D eigenvalue weighted by Gasteiger charge is -2.26. The van der Waals surface area contributed by atoms with Gasteiger partial charge in [-0.2, -0.15) is 13.2 Å². The van der Waals surface area contributed by atoms with E-state index in [4.69, 9.17) is 30.8 Å². The van der Waals surface area contributed by atoms with Gasteiger partial charge in [-0.15, -0.1) is 0 Å². The van der Waals surface area contributed by atoms with E-state index in [-0.39, 0.29) is 5.82 Å². The fourth-order valence-electron chi connectivity index (χ4n) is 5.07. The number of hydrogen-bond acceptors (Lipinski definition) is 8. The van der Waals surface area contributed by atoms with Crippen LogP contribution >= 0.6 is 11.6 Å². The largest absolute Gasteiger partial charge is 0.492 e.